The van der Waals surface area contributed by atoms with E-state index in [0.717, 1.165) is 6.07 Å². The second-order valence-corrected chi connectivity index (χ2v) is 4.01. The van der Waals surface area contributed by atoms with Gasteiger partial charge in [-0.3, -0.25) is 4.79 Å². The summed E-state index contributed by atoms with van der Waals surface area (Å²) >= 11 is 11.6. The molecule has 0 aliphatic heterocycles. The van der Waals surface area contributed by atoms with Crippen molar-refractivity contribution in [2.75, 3.05) is 0 Å². The zero-order valence-electron chi connectivity index (χ0n) is 8.75. The van der Waals surface area contributed by atoms with E-state index < -0.39 is 11.4 Å². The summed E-state index contributed by atoms with van der Waals surface area (Å²) in [5.74, 6) is -1.21. The Morgan fingerprint density at radius 2 is 1.88 bits per heavy atom. The SMILES string of the molecule is O=C(O)c1cc(=O)c2c(Cl)cc(Cl)cc2[nH]1.[Na]. The molecule has 0 atom stereocenters. The number of carboxylic acids is 1. The van der Waals surface area contributed by atoms with Gasteiger partial charge in [0.05, 0.1) is 15.9 Å². The normalized spacial score (nSPS) is 10.0. The third kappa shape index (κ3) is 2.84. The van der Waals surface area contributed by atoms with Gasteiger partial charge in [0.25, 0.3) is 0 Å². The number of carboxylic acid groups (broad SMARTS) is 1. The van der Waals surface area contributed by atoms with Crippen molar-refractivity contribution in [1.82, 2.24) is 4.98 Å². The molecule has 0 saturated carbocycles. The Morgan fingerprint density at radius 3 is 2.47 bits per heavy atom. The second-order valence-electron chi connectivity index (χ2n) is 3.16. The van der Waals surface area contributed by atoms with Crippen LogP contribution in [0.25, 0.3) is 10.9 Å². The van der Waals surface area contributed by atoms with Crippen molar-refractivity contribution in [1.29, 1.82) is 0 Å². The van der Waals surface area contributed by atoms with E-state index in [1.165, 1.54) is 12.1 Å². The molecule has 0 saturated heterocycles. The van der Waals surface area contributed by atoms with E-state index >= 15 is 0 Å². The van der Waals surface area contributed by atoms with Crippen LogP contribution in [-0.2, 0) is 0 Å². The predicted molar refractivity (Wildman–Crippen MR) is 67.3 cm³/mol. The van der Waals surface area contributed by atoms with E-state index in [9.17, 15) is 9.59 Å². The molecule has 0 aliphatic carbocycles. The number of carbonyl (C=O) groups is 1. The average molecular weight is 281 g/mol. The summed E-state index contributed by atoms with van der Waals surface area (Å²) in [6, 6.07) is 3.88. The summed E-state index contributed by atoms with van der Waals surface area (Å²) in [5.41, 5.74) is -0.342. The summed E-state index contributed by atoms with van der Waals surface area (Å²) in [6.07, 6.45) is 0. The van der Waals surface area contributed by atoms with Crippen LogP contribution < -0.4 is 5.43 Å². The van der Waals surface area contributed by atoms with E-state index in [0.29, 0.717) is 10.5 Å². The number of fused-ring (bicyclic) bond motifs is 1. The number of aromatic carboxylic acids is 1. The standard InChI is InChI=1S/C10H5Cl2NO3.Na/c11-4-1-5(12)9-6(2-4)13-7(10(15)16)3-8(9)14;/h1-3H,(H,13,14)(H,15,16);. The first-order valence-corrected chi connectivity index (χ1v) is 5.00. The Balaban J connectivity index is 0.00000144. The van der Waals surface area contributed by atoms with Gasteiger partial charge in [0, 0.05) is 40.6 Å². The number of rotatable bonds is 1. The van der Waals surface area contributed by atoms with Gasteiger partial charge in [-0.25, -0.2) is 4.79 Å². The maximum absolute atomic E-state index is 11.6. The third-order valence-corrected chi connectivity index (χ3v) is 2.59. The van der Waals surface area contributed by atoms with Crippen LogP contribution in [0.2, 0.25) is 10.0 Å². The van der Waals surface area contributed by atoms with Crippen molar-refractivity contribution < 1.29 is 9.90 Å². The Bertz CT molecular complexity index is 654. The van der Waals surface area contributed by atoms with Crippen LogP contribution in [-0.4, -0.2) is 45.6 Å². The van der Waals surface area contributed by atoms with Gasteiger partial charge < -0.3 is 10.1 Å². The summed E-state index contributed by atoms with van der Waals surface area (Å²) in [4.78, 5) is 24.9. The van der Waals surface area contributed by atoms with Gasteiger partial charge in [-0.15, -0.1) is 0 Å². The van der Waals surface area contributed by atoms with Gasteiger partial charge in [0.1, 0.15) is 5.69 Å². The monoisotopic (exact) mass is 280 g/mol. The van der Waals surface area contributed by atoms with Gasteiger partial charge in [-0.05, 0) is 12.1 Å². The van der Waals surface area contributed by atoms with Crippen LogP contribution in [0.4, 0.5) is 0 Å². The van der Waals surface area contributed by atoms with Gasteiger partial charge in [-0.2, -0.15) is 0 Å². The zero-order chi connectivity index (χ0) is 11.9. The Kier molecular flexibility index (Phi) is 4.63. The van der Waals surface area contributed by atoms with Crippen molar-refractivity contribution in [3.05, 3.63) is 44.2 Å². The summed E-state index contributed by atoms with van der Waals surface area (Å²) < 4.78 is 0. The molecule has 1 heterocycles. The molecule has 0 unspecified atom stereocenters. The topological polar surface area (TPSA) is 70.2 Å². The largest absolute Gasteiger partial charge is 0.477 e. The first kappa shape index (κ1) is 14.5. The van der Waals surface area contributed by atoms with E-state index in [1.54, 1.807) is 0 Å². The number of halogens is 2. The number of H-pyrrole nitrogens is 1. The average Bonchev–Trinajstić information content (AvgIpc) is 2.15. The van der Waals surface area contributed by atoms with Crippen LogP contribution in [0.5, 0.6) is 0 Å². The molecule has 1 radical (unpaired) electrons. The van der Waals surface area contributed by atoms with Gasteiger partial charge in [-0.1, -0.05) is 23.2 Å². The third-order valence-electron chi connectivity index (χ3n) is 2.08. The molecule has 0 spiro atoms. The molecule has 1 aromatic carbocycles. The van der Waals surface area contributed by atoms with Gasteiger partial charge in [0.15, 0.2) is 5.43 Å². The van der Waals surface area contributed by atoms with Crippen LogP contribution in [0, 0.1) is 0 Å². The van der Waals surface area contributed by atoms with Crippen LogP contribution in [0.3, 0.4) is 0 Å². The first-order chi connectivity index (χ1) is 7.49. The Labute approximate surface area is 128 Å². The summed E-state index contributed by atoms with van der Waals surface area (Å²) in [5, 5.41) is 9.53. The minimum atomic E-state index is -1.21. The van der Waals surface area contributed by atoms with E-state index in [1.807, 2.05) is 0 Å². The maximum atomic E-state index is 11.6. The maximum Gasteiger partial charge on any atom is 0.352 e. The molecule has 4 nitrogen and oxygen atoms in total. The molecule has 1 aromatic heterocycles. The molecule has 2 N–H and O–H groups in total. The van der Waals surface area contributed by atoms with E-state index in [2.05, 4.69) is 4.98 Å². The van der Waals surface area contributed by atoms with E-state index in [4.69, 9.17) is 28.3 Å². The predicted octanol–water partition coefficient (Wildman–Crippen LogP) is 2.15. The van der Waals surface area contributed by atoms with Crippen molar-refractivity contribution in [2.45, 2.75) is 0 Å². The molecular weight excluding hydrogens is 276 g/mol. The molecule has 0 bridgehead atoms. The molecule has 83 valence electrons. The van der Waals surface area contributed by atoms with E-state index in [-0.39, 0.29) is 45.7 Å². The quantitative estimate of drug-likeness (QED) is 0.787. The fourth-order valence-electron chi connectivity index (χ4n) is 1.42. The molecule has 0 amide bonds. The van der Waals surface area contributed by atoms with Gasteiger partial charge in [0.2, 0.25) is 0 Å². The van der Waals surface area contributed by atoms with Crippen molar-refractivity contribution in [2.24, 2.45) is 0 Å². The molecule has 17 heavy (non-hydrogen) atoms. The molecule has 0 fully saturated rings. The number of aromatic nitrogens is 1. The minimum absolute atomic E-state index is 0. The number of nitrogens with one attached hydrogen (secondary N) is 1. The number of aromatic amines is 1. The second kappa shape index (κ2) is 5.42. The number of pyridine rings is 1. The molecule has 7 heteroatoms. The number of benzene rings is 1. The van der Waals surface area contributed by atoms with Crippen LogP contribution in [0.1, 0.15) is 10.5 Å². The number of hydrogen-bond donors (Lipinski definition) is 2. The van der Waals surface area contributed by atoms with Crippen LogP contribution in [0.15, 0.2) is 23.0 Å². The van der Waals surface area contributed by atoms with Crippen molar-refractivity contribution in [3.8, 4) is 0 Å². The number of hydrogen-bond acceptors (Lipinski definition) is 2. The summed E-state index contributed by atoms with van der Waals surface area (Å²) in [6.45, 7) is 0. The van der Waals surface area contributed by atoms with Crippen molar-refractivity contribution in [3.63, 3.8) is 0 Å². The fourth-order valence-corrected chi connectivity index (χ4v) is 2.01. The molecular formula is C10H5Cl2NNaO3. The van der Waals surface area contributed by atoms with Crippen molar-refractivity contribution >= 4 is 69.6 Å². The molecule has 2 rings (SSSR count). The smallest absolute Gasteiger partial charge is 0.352 e. The summed E-state index contributed by atoms with van der Waals surface area (Å²) in [7, 11) is 0. The zero-order valence-corrected chi connectivity index (χ0v) is 12.3. The minimum Gasteiger partial charge on any atom is -0.477 e. The fraction of sp³-hybridized carbons (Fsp3) is 0. The molecule has 2 aromatic rings. The van der Waals surface area contributed by atoms with Crippen LogP contribution >= 0.6 is 23.2 Å². The Hall–Kier alpha value is -0.520. The van der Waals surface area contributed by atoms with Gasteiger partial charge >= 0.3 is 5.97 Å². The Morgan fingerprint density at radius 1 is 1.24 bits per heavy atom. The first-order valence-electron chi connectivity index (χ1n) is 4.24. The molecule has 0 aliphatic rings.